The van der Waals surface area contributed by atoms with E-state index in [2.05, 4.69) is 43.2 Å². The van der Waals surface area contributed by atoms with Crippen LogP contribution in [0, 0.1) is 5.41 Å². The van der Waals surface area contributed by atoms with E-state index in [0.717, 1.165) is 30.3 Å². The Bertz CT molecular complexity index is 471. The van der Waals surface area contributed by atoms with Crippen LogP contribution in [0.4, 0.5) is 11.4 Å². The third-order valence-electron chi connectivity index (χ3n) is 3.49. The molecule has 2 heterocycles. The van der Waals surface area contributed by atoms with Gasteiger partial charge < -0.3 is 19.7 Å². The van der Waals surface area contributed by atoms with Gasteiger partial charge in [0.25, 0.3) is 0 Å². The number of fused-ring (bicyclic) bond motifs is 2. The van der Waals surface area contributed by atoms with Crippen LogP contribution in [0.3, 0.4) is 0 Å². The molecule has 1 aromatic rings. The van der Waals surface area contributed by atoms with Crippen molar-refractivity contribution >= 4 is 11.4 Å². The van der Waals surface area contributed by atoms with Crippen molar-refractivity contribution < 1.29 is 9.47 Å². The molecule has 0 aliphatic carbocycles. The first kappa shape index (κ1) is 11.5. The van der Waals surface area contributed by atoms with Crippen molar-refractivity contribution in [3.63, 3.8) is 0 Å². The molecule has 0 saturated heterocycles. The van der Waals surface area contributed by atoms with Crippen LogP contribution >= 0.6 is 0 Å². The summed E-state index contributed by atoms with van der Waals surface area (Å²) in [5.41, 5.74) is 2.56. The van der Waals surface area contributed by atoms with Crippen LogP contribution < -0.4 is 19.7 Å². The van der Waals surface area contributed by atoms with Crippen molar-refractivity contribution in [3.05, 3.63) is 12.1 Å². The van der Waals surface area contributed by atoms with Crippen LogP contribution in [0.2, 0.25) is 0 Å². The Kier molecular flexibility index (Phi) is 2.54. The molecule has 2 aliphatic rings. The number of hydrogen-bond donors (Lipinski definition) is 1. The molecule has 4 heteroatoms. The van der Waals surface area contributed by atoms with E-state index in [1.165, 1.54) is 5.69 Å². The molecule has 0 amide bonds. The minimum absolute atomic E-state index is 0.246. The lowest BCUT2D eigenvalue weighted by Crippen LogP contribution is -2.33. The molecule has 1 aromatic carbocycles. The van der Waals surface area contributed by atoms with Crippen LogP contribution in [-0.4, -0.2) is 33.4 Å². The van der Waals surface area contributed by atoms with E-state index in [1.54, 1.807) is 0 Å². The summed E-state index contributed by atoms with van der Waals surface area (Å²) in [6, 6.07) is 4.14. The predicted molar refractivity (Wildman–Crippen MR) is 73.0 cm³/mol. The molecule has 0 fully saturated rings. The molecule has 0 bridgehead atoms. The molecule has 0 radical (unpaired) electrons. The molecule has 18 heavy (non-hydrogen) atoms. The van der Waals surface area contributed by atoms with Gasteiger partial charge in [0.1, 0.15) is 13.2 Å². The zero-order valence-electron chi connectivity index (χ0n) is 11.2. The summed E-state index contributed by atoms with van der Waals surface area (Å²) in [5.74, 6) is 1.70. The van der Waals surface area contributed by atoms with Gasteiger partial charge in [-0.3, -0.25) is 0 Å². The van der Waals surface area contributed by atoms with Gasteiger partial charge in [-0.1, -0.05) is 13.8 Å². The first-order valence-corrected chi connectivity index (χ1v) is 6.44. The highest BCUT2D eigenvalue weighted by molar-refractivity contribution is 5.76. The van der Waals surface area contributed by atoms with Crippen LogP contribution in [0.25, 0.3) is 0 Å². The topological polar surface area (TPSA) is 33.7 Å². The number of nitrogens with zero attached hydrogens (tertiary/aromatic N) is 1. The second-order valence-corrected chi connectivity index (χ2v) is 5.89. The van der Waals surface area contributed by atoms with Crippen LogP contribution in [0.15, 0.2) is 12.1 Å². The van der Waals surface area contributed by atoms with Gasteiger partial charge >= 0.3 is 0 Å². The minimum atomic E-state index is 0.246. The first-order chi connectivity index (χ1) is 8.55. The van der Waals surface area contributed by atoms with Crippen molar-refractivity contribution in [3.8, 4) is 11.5 Å². The summed E-state index contributed by atoms with van der Waals surface area (Å²) in [6.45, 7) is 7.79. The number of anilines is 2. The molecule has 0 atom stereocenters. The average Bonchev–Trinajstić information content (AvgIpc) is 2.44. The number of benzene rings is 1. The Morgan fingerprint density at radius 1 is 1.17 bits per heavy atom. The SMILES string of the molecule is CN1CC(C)(C)CNc2cc3c(cc21)OCCO3. The molecule has 0 spiro atoms. The molecule has 1 N–H and O–H groups in total. The molecule has 0 aromatic heterocycles. The summed E-state index contributed by atoms with van der Waals surface area (Å²) < 4.78 is 11.3. The van der Waals surface area contributed by atoms with Crippen molar-refractivity contribution in [2.75, 3.05) is 43.6 Å². The zero-order chi connectivity index (χ0) is 12.8. The third kappa shape index (κ3) is 1.96. The van der Waals surface area contributed by atoms with Crippen LogP contribution in [0.1, 0.15) is 13.8 Å². The molecular formula is C14H20N2O2. The third-order valence-corrected chi connectivity index (χ3v) is 3.49. The van der Waals surface area contributed by atoms with Crippen molar-refractivity contribution in [1.82, 2.24) is 0 Å². The smallest absolute Gasteiger partial charge is 0.163 e. The van der Waals surface area contributed by atoms with Crippen molar-refractivity contribution in [2.24, 2.45) is 5.41 Å². The second-order valence-electron chi connectivity index (χ2n) is 5.89. The highest BCUT2D eigenvalue weighted by Gasteiger charge is 2.27. The van der Waals surface area contributed by atoms with Gasteiger partial charge in [-0.25, -0.2) is 0 Å². The minimum Gasteiger partial charge on any atom is -0.486 e. The van der Waals surface area contributed by atoms with E-state index >= 15 is 0 Å². The fraction of sp³-hybridized carbons (Fsp3) is 0.571. The Hall–Kier alpha value is -1.58. The maximum atomic E-state index is 5.65. The summed E-state index contributed by atoms with van der Waals surface area (Å²) in [6.07, 6.45) is 0. The lowest BCUT2D eigenvalue weighted by atomic mass is 9.93. The van der Waals surface area contributed by atoms with E-state index in [9.17, 15) is 0 Å². The Balaban J connectivity index is 2.02. The first-order valence-electron chi connectivity index (χ1n) is 6.44. The number of hydrogen-bond acceptors (Lipinski definition) is 4. The van der Waals surface area contributed by atoms with E-state index in [1.807, 2.05) is 0 Å². The summed E-state index contributed by atoms with van der Waals surface area (Å²) in [5, 5.41) is 3.52. The van der Waals surface area contributed by atoms with Crippen LogP contribution in [-0.2, 0) is 0 Å². The molecule has 2 aliphatic heterocycles. The summed E-state index contributed by atoms with van der Waals surface area (Å²) >= 11 is 0. The Labute approximate surface area is 108 Å². The molecular weight excluding hydrogens is 228 g/mol. The fourth-order valence-corrected chi connectivity index (χ4v) is 2.65. The van der Waals surface area contributed by atoms with Gasteiger partial charge in [-0.15, -0.1) is 0 Å². The Morgan fingerprint density at radius 3 is 2.56 bits per heavy atom. The molecule has 0 unspecified atom stereocenters. The zero-order valence-corrected chi connectivity index (χ0v) is 11.2. The standard InChI is InChI=1S/C14H20N2O2/c1-14(2)8-15-10-6-12-13(18-5-4-17-12)7-11(10)16(3)9-14/h6-7,15H,4-5,8-9H2,1-3H3. The van der Waals surface area contributed by atoms with E-state index in [4.69, 9.17) is 9.47 Å². The van der Waals surface area contributed by atoms with Gasteiger partial charge in [0.2, 0.25) is 0 Å². The monoisotopic (exact) mass is 248 g/mol. The van der Waals surface area contributed by atoms with Crippen molar-refractivity contribution in [1.29, 1.82) is 0 Å². The van der Waals surface area contributed by atoms with Gasteiger partial charge in [0, 0.05) is 32.3 Å². The molecule has 0 saturated carbocycles. The number of rotatable bonds is 0. The van der Waals surface area contributed by atoms with Gasteiger partial charge in [0.05, 0.1) is 11.4 Å². The highest BCUT2D eigenvalue weighted by Crippen LogP contribution is 2.42. The van der Waals surface area contributed by atoms with Gasteiger partial charge in [0.15, 0.2) is 11.5 Å². The number of ether oxygens (including phenoxy) is 2. The van der Waals surface area contributed by atoms with Crippen LogP contribution in [0.5, 0.6) is 11.5 Å². The fourth-order valence-electron chi connectivity index (χ4n) is 2.65. The molecule has 98 valence electrons. The predicted octanol–water partition coefficient (Wildman–Crippen LogP) is 2.35. The van der Waals surface area contributed by atoms with Gasteiger partial charge in [-0.2, -0.15) is 0 Å². The average molecular weight is 248 g/mol. The lowest BCUT2D eigenvalue weighted by molar-refractivity contribution is 0.172. The van der Waals surface area contributed by atoms with Gasteiger partial charge in [-0.05, 0) is 5.41 Å². The second kappa shape index (κ2) is 3.97. The normalized spacial score (nSPS) is 20.7. The lowest BCUT2D eigenvalue weighted by Gasteiger charge is -2.28. The number of nitrogens with one attached hydrogen (secondary N) is 1. The van der Waals surface area contributed by atoms with E-state index in [0.29, 0.717) is 13.2 Å². The maximum absolute atomic E-state index is 5.65. The Morgan fingerprint density at radius 2 is 1.83 bits per heavy atom. The highest BCUT2D eigenvalue weighted by atomic mass is 16.6. The van der Waals surface area contributed by atoms with E-state index < -0.39 is 0 Å². The van der Waals surface area contributed by atoms with Crippen molar-refractivity contribution in [2.45, 2.75) is 13.8 Å². The quantitative estimate of drug-likeness (QED) is 0.764. The molecule has 3 rings (SSSR count). The molecule has 4 nitrogen and oxygen atoms in total. The summed E-state index contributed by atoms with van der Waals surface area (Å²) in [7, 11) is 2.13. The van der Waals surface area contributed by atoms with E-state index in [-0.39, 0.29) is 5.41 Å². The summed E-state index contributed by atoms with van der Waals surface area (Å²) in [4.78, 5) is 2.29. The largest absolute Gasteiger partial charge is 0.486 e. The maximum Gasteiger partial charge on any atom is 0.163 e.